The molecule has 7 heteroatoms. The van der Waals surface area contributed by atoms with Gasteiger partial charge in [0.1, 0.15) is 5.69 Å². The summed E-state index contributed by atoms with van der Waals surface area (Å²) in [5.74, 6) is 2.06. The number of sulfone groups is 1. The summed E-state index contributed by atoms with van der Waals surface area (Å²) in [6.45, 7) is 0.0606. The van der Waals surface area contributed by atoms with E-state index in [1.54, 1.807) is 6.07 Å². The van der Waals surface area contributed by atoms with Crippen LogP contribution < -0.4 is 5.73 Å². The molecule has 1 aromatic rings. The zero-order valence-electron chi connectivity index (χ0n) is 10.8. The number of carbonyl (C=O) groups excluding carboxylic acids is 1. The third-order valence-electron chi connectivity index (χ3n) is 3.18. The second-order valence-electron chi connectivity index (χ2n) is 4.67. The van der Waals surface area contributed by atoms with Crippen molar-refractivity contribution in [3.05, 3.63) is 24.0 Å². The maximum atomic E-state index is 12.4. The van der Waals surface area contributed by atoms with Crippen molar-refractivity contribution >= 4 is 21.4 Å². The first kappa shape index (κ1) is 14.3. The first-order chi connectivity index (χ1) is 9.43. The number of aromatic nitrogens is 1. The van der Waals surface area contributed by atoms with Gasteiger partial charge in [0.25, 0.3) is 5.91 Å². The molecule has 106 valence electrons. The van der Waals surface area contributed by atoms with Crippen molar-refractivity contribution in [2.75, 3.05) is 23.8 Å². The van der Waals surface area contributed by atoms with E-state index in [4.69, 9.17) is 12.2 Å². The summed E-state index contributed by atoms with van der Waals surface area (Å²) in [5, 5.41) is 0. The molecule has 1 unspecified atom stereocenters. The SMILES string of the molecule is C#CCN(C(=O)c1ccc(N)cn1)C1CCS(=O)(=O)C1. The monoisotopic (exact) mass is 293 g/mol. The predicted molar refractivity (Wildman–Crippen MR) is 75.6 cm³/mol. The summed E-state index contributed by atoms with van der Waals surface area (Å²) < 4.78 is 23.1. The molecule has 0 radical (unpaired) electrons. The number of rotatable bonds is 3. The van der Waals surface area contributed by atoms with E-state index in [2.05, 4.69) is 10.9 Å². The summed E-state index contributed by atoms with van der Waals surface area (Å²) in [6, 6.07) is 2.69. The van der Waals surface area contributed by atoms with E-state index in [9.17, 15) is 13.2 Å². The molecule has 0 aliphatic carbocycles. The number of hydrogen-bond donors (Lipinski definition) is 1. The Morgan fingerprint density at radius 3 is 2.80 bits per heavy atom. The highest BCUT2D eigenvalue weighted by atomic mass is 32.2. The molecule has 1 aliphatic heterocycles. The normalized spacial score (nSPS) is 20.2. The molecule has 0 saturated carbocycles. The zero-order valence-corrected chi connectivity index (χ0v) is 11.6. The van der Waals surface area contributed by atoms with Gasteiger partial charge in [0.2, 0.25) is 0 Å². The Morgan fingerprint density at radius 2 is 2.30 bits per heavy atom. The lowest BCUT2D eigenvalue weighted by Crippen LogP contribution is -2.41. The Labute approximate surface area is 117 Å². The van der Waals surface area contributed by atoms with Crippen LogP contribution in [0.25, 0.3) is 0 Å². The fourth-order valence-electron chi connectivity index (χ4n) is 2.17. The zero-order chi connectivity index (χ0) is 14.8. The predicted octanol–water partition coefficient (Wildman–Crippen LogP) is -0.0737. The Hall–Kier alpha value is -2.07. The van der Waals surface area contributed by atoms with Crippen molar-refractivity contribution in [2.45, 2.75) is 12.5 Å². The number of pyridine rings is 1. The molecule has 2 N–H and O–H groups in total. The van der Waals surface area contributed by atoms with Crippen molar-refractivity contribution in [1.82, 2.24) is 9.88 Å². The number of hydrogen-bond acceptors (Lipinski definition) is 5. The second kappa shape index (κ2) is 5.51. The van der Waals surface area contributed by atoms with Crippen molar-refractivity contribution in [2.24, 2.45) is 0 Å². The molecule has 2 heterocycles. The van der Waals surface area contributed by atoms with Crippen molar-refractivity contribution in [3.8, 4) is 12.3 Å². The van der Waals surface area contributed by atoms with Gasteiger partial charge in [-0.2, -0.15) is 0 Å². The highest BCUT2D eigenvalue weighted by Crippen LogP contribution is 2.19. The Balaban J connectivity index is 2.23. The molecule has 20 heavy (non-hydrogen) atoms. The first-order valence-corrected chi connectivity index (χ1v) is 7.91. The molecule has 0 bridgehead atoms. The lowest BCUT2D eigenvalue weighted by molar-refractivity contribution is 0.0718. The largest absolute Gasteiger partial charge is 0.397 e. The number of nitrogen functional groups attached to an aromatic ring is 1. The summed E-state index contributed by atoms with van der Waals surface area (Å²) in [6.07, 6.45) is 7.06. The molecule has 1 saturated heterocycles. The molecule has 6 nitrogen and oxygen atoms in total. The van der Waals surface area contributed by atoms with Gasteiger partial charge in [-0.05, 0) is 18.6 Å². The third-order valence-corrected chi connectivity index (χ3v) is 4.93. The maximum absolute atomic E-state index is 12.4. The number of nitrogens with zero attached hydrogens (tertiary/aromatic N) is 2. The lowest BCUT2D eigenvalue weighted by Gasteiger charge is -2.25. The van der Waals surface area contributed by atoms with Crippen LogP contribution in [0.1, 0.15) is 16.9 Å². The number of terminal acetylenes is 1. The van der Waals surface area contributed by atoms with Crippen LogP contribution in [0.5, 0.6) is 0 Å². The van der Waals surface area contributed by atoms with E-state index < -0.39 is 9.84 Å². The van der Waals surface area contributed by atoms with Crippen LogP contribution in [0.3, 0.4) is 0 Å². The molecular formula is C13H15N3O3S. The highest BCUT2D eigenvalue weighted by molar-refractivity contribution is 7.91. The molecule has 1 aliphatic rings. The molecule has 0 spiro atoms. The van der Waals surface area contributed by atoms with Crippen LogP contribution in [0.4, 0.5) is 5.69 Å². The van der Waals surface area contributed by atoms with Crippen molar-refractivity contribution in [3.63, 3.8) is 0 Å². The van der Waals surface area contributed by atoms with E-state index in [-0.39, 0.29) is 35.7 Å². The fourth-order valence-corrected chi connectivity index (χ4v) is 3.90. The molecule has 1 amide bonds. The molecule has 1 fully saturated rings. The summed E-state index contributed by atoms with van der Waals surface area (Å²) in [5.41, 5.74) is 6.18. The van der Waals surface area contributed by atoms with Gasteiger partial charge >= 0.3 is 0 Å². The molecule has 0 aromatic carbocycles. The molecule has 2 rings (SSSR count). The lowest BCUT2D eigenvalue weighted by atomic mass is 10.2. The minimum atomic E-state index is -3.08. The van der Waals surface area contributed by atoms with Gasteiger partial charge in [0, 0.05) is 6.04 Å². The van der Waals surface area contributed by atoms with Crippen LogP contribution in [-0.4, -0.2) is 48.3 Å². The second-order valence-corrected chi connectivity index (χ2v) is 6.90. The Kier molecular flexibility index (Phi) is 3.95. The molecular weight excluding hydrogens is 278 g/mol. The van der Waals surface area contributed by atoms with Gasteiger partial charge in [-0.25, -0.2) is 13.4 Å². The average molecular weight is 293 g/mol. The van der Waals surface area contributed by atoms with Crippen molar-refractivity contribution in [1.29, 1.82) is 0 Å². The van der Waals surface area contributed by atoms with Gasteiger partial charge < -0.3 is 10.6 Å². The molecule has 1 aromatic heterocycles. The summed E-state index contributed by atoms with van der Waals surface area (Å²) in [4.78, 5) is 17.7. The fraction of sp³-hybridized carbons (Fsp3) is 0.385. The standard InChI is InChI=1S/C13H15N3O3S/c1-2-6-16(11-5-7-20(18,19)9-11)13(17)12-4-3-10(14)8-15-12/h1,3-4,8,11H,5-7,9,14H2. The third kappa shape index (κ3) is 3.08. The smallest absolute Gasteiger partial charge is 0.273 e. The highest BCUT2D eigenvalue weighted by Gasteiger charge is 2.34. The van der Waals surface area contributed by atoms with E-state index in [0.29, 0.717) is 12.1 Å². The number of anilines is 1. The average Bonchev–Trinajstić information content (AvgIpc) is 2.76. The molecule has 1 atom stereocenters. The van der Waals surface area contributed by atoms with Gasteiger partial charge in [-0.15, -0.1) is 6.42 Å². The van der Waals surface area contributed by atoms with E-state index in [1.165, 1.54) is 17.2 Å². The van der Waals surface area contributed by atoms with Crippen LogP contribution in [-0.2, 0) is 9.84 Å². The number of carbonyl (C=O) groups is 1. The van der Waals surface area contributed by atoms with Crippen LogP contribution >= 0.6 is 0 Å². The maximum Gasteiger partial charge on any atom is 0.273 e. The summed E-state index contributed by atoms with van der Waals surface area (Å²) in [7, 11) is -3.08. The minimum Gasteiger partial charge on any atom is -0.397 e. The Bertz CT molecular complexity index is 646. The number of nitrogens with two attached hydrogens (primary N) is 1. The first-order valence-electron chi connectivity index (χ1n) is 6.09. The number of amides is 1. The van der Waals surface area contributed by atoms with E-state index in [1.807, 2.05) is 0 Å². The van der Waals surface area contributed by atoms with Crippen LogP contribution in [0.15, 0.2) is 18.3 Å². The topological polar surface area (TPSA) is 93.4 Å². The van der Waals surface area contributed by atoms with Gasteiger partial charge in [0.15, 0.2) is 9.84 Å². The van der Waals surface area contributed by atoms with Gasteiger partial charge in [-0.1, -0.05) is 5.92 Å². The minimum absolute atomic E-state index is 0.0462. The van der Waals surface area contributed by atoms with Crippen LogP contribution in [0, 0.1) is 12.3 Å². The van der Waals surface area contributed by atoms with E-state index in [0.717, 1.165) is 0 Å². The van der Waals surface area contributed by atoms with Gasteiger partial charge in [-0.3, -0.25) is 4.79 Å². The van der Waals surface area contributed by atoms with Crippen LogP contribution in [0.2, 0.25) is 0 Å². The quantitative estimate of drug-likeness (QED) is 0.787. The van der Waals surface area contributed by atoms with Gasteiger partial charge in [0.05, 0.1) is 29.9 Å². The van der Waals surface area contributed by atoms with Crippen molar-refractivity contribution < 1.29 is 13.2 Å². The van der Waals surface area contributed by atoms with E-state index >= 15 is 0 Å². The summed E-state index contributed by atoms with van der Waals surface area (Å²) >= 11 is 0. The Morgan fingerprint density at radius 1 is 1.55 bits per heavy atom.